The Kier molecular flexibility index (Phi) is 3.12. The minimum Gasteiger partial charge on any atom is -0.391 e. The maximum absolute atomic E-state index is 10.2. The van der Waals surface area contributed by atoms with Crippen LogP contribution < -0.4 is 5.32 Å². The average Bonchev–Trinajstić information content (AvgIpc) is 2.89. The van der Waals surface area contributed by atoms with Gasteiger partial charge in [0.2, 0.25) is 0 Å². The highest BCUT2D eigenvalue weighted by molar-refractivity contribution is 5.36. The van der Waals surface area contributed by atoms with Gasteiger partial charge in [0.25, 0.3) is 0 Å². The predicted octanol–water partition coefficient (Wildman–Crippen LogP) is 1.48. The molecule has 0 aliphatic heterocycles. The van der Waals surface area contributed by atoms with E-state index in [-0.39, 0.29) is 12.1 Å². The minimum atomic E-state index is -0.339. The molecule has 2 aromatic rings. The van der Waals surface area contributed by atoms with E-state index in [1.807, 2.05) is 30.1 Å². The Hall–Kier alpha value is -1.65. The molecule has 1 aliphatic carbocycles. The monoisotopic (exact) mass is 257 g/mol. The number of rotatable bonds is 3. The van der Waals surface area contributed by atoms with Gasteiger partial charge in [-0.1, -0.05) is 24.3 Å². The molecular formula is C15H19N3O. The van der Waals surface area contributed by atoms with E-state index in [0.29, 0.717) is 0 Å². The third-order valence-corrected chi connectivity index (χ3v) is 4.05. The van der Waals surface area contributed by atoms with E-state index < -0.39 is 0 Å². The van der Waals surface area contributed by atoms with Crippen LogP contribution in [0.5, 0.6) is 0 Å². The van der Waals surface area contributed by atoms with Gasteiger partial charge in [-0.05, 0) is 18.1 Å². The molecule has 100 valence electrons. The van der Waals surface area contributed by atoms with E-state index in [2.05, 4.69) is 29.5 Å². The van der Waals surface area contributed by atoms with Crippen molar-refractivity contribution in [2.45, 2.75) is 32.0 Å². The lowest BCUT2D eigenvalue weighted by molar-refractivity contribution is 0.140. The minimum absolute atomic E-state index is 0.0239. The van der Waals surface area contributed by atoms with Crippen molar-refractivity contribution in [3.63, 3.8) is 0 Å². The Morgan fingerprint density at radius 2 is 2.21 bits per heavy atom. The maximum Gasteiger partial charge on any atom is 0.0775 e. The summed E-state index contributed by atoms with van der Waals surface area (Å²) < 4.78 is 1.87. The number of hydrogen-bond donors (Lipinski definition) is 2. The van der Waals surface area contributed by atoms with Crippen LogP contribution in [0, 0.1) is 6.92 Å². The van der Waals surface area contributed by atoms with E-state index >= 15 is 0 Å². The summed E-state index contributed by atoms with van der Waals surface area (Å²) >= 11 is 0. The molecule has 4 nitrogen and oxygen atoms in total. The standard InChI is InChI=1S/C15H19N3O/c1-10-12(9-17-18(10)2)8-16-15-13-6-4-3-5-11(13)7-14(15)19/h3-6,9,14-16,19H,7-8H2,1-2H3/t14-,15+/m0/s1. The molecule has 0 saturated carbocycles. The zero-order valence-electron chi connectivity index (χ0n) is 11.3. The molecule has 0 fully saturated rings. The highest BCUT2D eigenvalue weighted by atomic mass is 16.3. The summed E-state index contributed by atoms with van der Waals surface area (Å²) in [4.78, 5) is 0. The number of aliphatic hydroxyl groups excluding tert-OH is 1. The van der Waals surface area contributed by atoms with Crippen LogP contribution >= 0.6 is 0 Å². The Bertz CT molecular complexity index is 591. The summed E-state index contributed by atoms with van der Waals surface area (Å²) in [6.07, 6.45) is 2.28. The predicted molar refractivity (Wildman–Crippen MR) is 73.7 cm³/mol. The van der Waals surface area contributed by atoms with Crippen LogP contribution in [0.25, 0.3) is 0 Å². The molecule has 2 atom stereocenters. The second-order valence-electron chi connectivity index (χ2n) is 5.21. The normalized spacial score (nSPS) is 21.6. The molecule has 4 heteroatoms. The van der Waals surface area contributed by atoms with Crippen LogP contribution in [0.1, 0.15) is 28.4 Å². The quantitative estimate of drug-likeness (QED) is 0.875. The van der Waals surface area contributed by atoms with Crippen molar-refractivity contribution in [1.29, 1.82) is 0 Å². The second kappa shape index (κ2) is 4.79. The number of nitrogens with zero attached hydrogens (tertiary/aromatic N) is 2. The van der Waals surface area contributed by atoms with Crippen molar-refractivity contribution in [3.05, 3.63) is 52.8 Å². The van der Waals surface area contributed by atoms with Gasteiger partial charge in [0.1, 0.15) is 0 Å². The molecule has 3 rings (SSSR count). The maximum atomic E-state index is 10.2. The summed E-state index contributed by atoms with van der Waals surface area (Å²) in [5, 5.41) is 17.9. The third kappa shape index (κ3) is 2.17. The highest BCUT2D eigenvalue weighted by Gasteiger charge is 2.30. The van der Waals surface area contributed by atoms with Gasteiger partial charge in [-0.3, -0.25) is 4.68 Å². The van der Waals surface area contributed by atoms with Gasteiger partial charge in [0.15, 0.2) is 0 Å². The van der Waals surface area contributed by atoms with Crippen LogP contribution in [0.2, 0.25) is 0 Å². The first-order valence-electron chi connectivity index (χ1n) is 6.63. The van der Waals surface area contributed by atoms with Crippen LogP contribution in [0.3, 0.4) is 0 Å². The second-order valence-corrected chi connectivity index (χ2v) is 5.21. The van der Waals surface area contributed by atoms with Crippen molar-refractivity contribution < 1.29 is 5.11 Å². The zero-order chi connectivity index (χ0) is 13.4. The smallest absolute Gasteiger partial charge is 0.0775 e. The van der Waals surface area contributed by atoms with E-state index in [9.17, 15) is 5.11 Å². The lowest BCUT2D eigenvalue weighted by Gasteiger charge is -2.17. The molecule has 0 bridgehead atoms. The molecule has 0 unspecified atom stereocenters. The van der Waals surface area contributed by atoms with Gasteiger partial charge in [0, 0.05) is 31.3 Å². The zero-order valence-corrected chi connectivity index (χ0v) is 11.3. The highest BCUT2D eigenvalue weighted by Crippen LogP contribution is 2.31. The summed E-state index contributed by atoms with van der Waals surface area (Å²) in [6, 6.07) is 8.27. The third-order valence-electron chi connectivity index (χ3n) is 4.05. The van der Waals surface area contributed by atoms with E-state index in [1.165, 1.54) is 16.7 Å². The van der Waals surface area contributed by atoms with Gasteiger partial charge in [-0.15, -0.1) is 0 Å². The fourth-order valence-electron chi connectivity index (χ4n) is 2.76. The average molecular weight is 257 g/mol. The van der Waals surface area contributed by atoms with Crippen LogP contribution in [-0.4, -0.2) is 21.0 Å². The first-order valence-corrected chi connectivity index (χ1v) is 6.63. The number of aromatic nitrogens is 2. The molecule has 0 radical (unpaired) electrons. The van der Waals surface area contributed by atoms with Gasteiger partial charge in [-0.25, -0.2) is 0 Å². The number of benzene rings is 1. The number of aliphatic hydroxyl groups is 1. The fraction of sp³-hybridized carbons (Fsp3) is 0.400. The van der Waals surface area contributed by atoms with Gasteiger partial charge >= 0.3 is 0 Å². The molecule has 2 N–H and O–H groups in total. The van der Waals surface area contributed by atoms with Crippen molar-refractivity contribution in [2.24, 2.45) is 7.05 Å². The summed E-state index contributed by atoms with van der Waals surface area (Å²) in [5.74, 6) is 0. The Morgan fingerprint density at radius 1 is 1.42 bits per heavy atom. The molecule has 0 amide bonds. The number of hydrogen-bond acceptors (Lipinski definition) is 3. The fourth-order valence-corrected chi connectivity index (χ4v) is 2.76. The molecule has 1 aromatic heterocycles. The lowest BCUT2D eigenvalue weighted by Crippen LogP contribution is -2.28. The van der Waals surface area contributed by atoms with E-state index in [4.69, 9.17) is 0 Å². The van der Waals surface area contributed by atoms with Gasteiger partial charge in [-0.2, -0.15) is 5.10 Å². The molecule has 0 saturated heterocycles. The molecule has 0 spiro atoms. The number of nitrogens with one attached hydrogen (secondary N) is 1. The largest absolute Gasteiger partial charge is 0.391 e. The van der Waals surface area contributed by atoms with Crippen molar-refractivity contribution in [3.8, 4) is 0 Å². The Morgan fingerprint density at radius 3 is 2.95 bits per heavy atom. The summed E-state index contributed by atoms with van der Waals surface area (Å²) in [6.45, 7) is 2.79. The Labute approximate surface area is 113 Å². The molecule has 1 heterocycles. The van der Waals surface area contributed by atoms with Crippen molar-refractivity contribution in [1.82, 2.24) is 15.1 Å². The van der Waals surface area contributed by atoms with E-state index in [1.54, 1.807) is 0 Å². The van der Waals surface area contributed by atoms with Crippen LogP contribution in [-0.2, 0) is 20.0 Å². The van der Waals surface area contributed by atoms with E-state index in [0.717, 1.165) is 18.7 Å². The first kappa shape index (κ1) is 12.4. The SMILES string of the molecule is Cc1c(CN[C@@H]2c3ccccc3C[C@@H]2O)cnn1C. The molecule has 1 aromatic carbocycles. The van der Waals surface area contributed by atoms with Crippen molar-refractivity contribution in [2.75, 3.05) is 0 Å². The lowest BCUT2D eigenvalue weighted by atomic mass is 10.1. The molecule has 19 heavy (non-hydrogen) atoms. The van der Waals surface area contributed by atoms with Crippen LogP contribution in [0.4, 0.5) is 0 Å². The summed E-state index contributed by atoms with van der Waals surface area (Å²) in [5.41, 5.74) is 4.80. The van der Waals surface area contributed by atoms with Gasteiger partial charge < -0.3 is 10.4 Å². The number of aryl methyl sites for hydroxylation is 1. The Balaban J connectivity index is 1.75. The van der Waals surface area contributed by atoms with Crippen LogP contribution in [0.15, 0.2) is 30.5 Å². The van der Waals surface area contributed by atoms with Gasteiger partial charge in [0.05, 0.1) is 18.3 Å². The van der Waals surface area contributed by atoms with Crippen molar-refractivity contribution >= 4 is 0 Å². The molecular weight excluding hydrogens is 238 g/mol. The first-order chi connectivity index (χ1) is 9.16. The topological polar surface area (TPSA) is 50.1 Å². The summed E-state index contributed by atoms with van der Waals surface area (Å²) in [7, 11) is 1.94. The number of fused-ring (bicyclic) bond motifs is 1. The molecule has 1 aliphatic rings.